The third kappa shape index (κ3) is 8.81. The first-order chi connectivity index (χ1) is 9.24. The van der Waals surface area contributed by atoms with E-state index in [-0.39, 0.29) is 56.3 Å². The maximum atomic E-state index is 10.4. The van der Waals surface area contributed by atoms with Crippen molar-refractivity contribution in [3.05, 3.63) is 29.8 Å². The molecule has 1 aromatic carbocycles. The second-order valence-electron chi connectivity index (χ2n) is 4.87. The van der Waals surface area contributed by atoms with Crippen molar-refractivity contribution < 1.29 is 17.5 Å². The quantitative estimate of drug-likeness (QED) is 0.468. The third-order valence-electron chi connectivity index (χ3n) is 3.99. The van der Waals surface area contributed by atoms with Gasteiger partial charge in [-0.3, -0.25) is 0 Å². The van der Waals surface area contributed by atoms with E-state index >= 15 is 0 Å². The van der Waals surface area contributed by atoms with Gasteiger partial charge in [0.25, 0.3) is 0 Å². The molecule has 21 heavy (non-hydrogen) atoms. The van der Waals surface area contributed by atoms with Crippen LogP contribution < -0.4 is 0 Å². The van der Waals surface area contributed by atoms with Crippen molar-refractivity contribution in [3.8, 4) is 0 Å². The van der Waals surface area contributed by atoms with Crippen LogP contribution in [-0.4, -0.2) is 95.0 Å². The molecule has 0 aliphatic carbocycles. The van der Waals surface area contributed by atoms with Gasteiger partial charge in [-0.25, -0.2) is 8.42 Å². The molecule has 0 aromatic heterocycles. The van der Waals surface area contributed by atoms with Gasteiger partial charge in [0.15, 0.2) is 0 Å². The average molecular weight is 342 g/mol. The first kappa shape index (κ1) is 24.0. The zero-order valence-electron chi connectivity index (χ0n) is 13.2. The van der Waals surface area contributed by atoms with Crippen LogP contribution >= 0.6 is 0 Å². The fourth-order valence-electron chi connectivity index (χ4n) is 2.05. The van der Waals surface area contributed by atoms with Gasteiger partial charge in [-0.05, 0) is 46.8 Å². The van der Waals surface area contributed by atoms with Crippen molar-refractivity contribution in [2.75, 3.05) is 26.2 Å². The summed E-state index contributed by atoms with van der Waals surface area (Å²) in [5.74, 6) is 0. The molecule has 0 amide bonds. The van der Waals surface area contributed by atoms with E-state index in [0.29, 0.717) is 0 Å². The molecule has 4 nitrogen and oxygen atoms in total. The number of rotatable bonds is 5. The Morgan fingerprint density at radius 2 is 1.24 bits per heavy atom. The van der Waals surface area contributed by atoms with Gasteiger partial charge in [0.05, 0.1) is 31.1 Å². The van der Waals surface area contributed by atoms with Crippen LogP contribution in [0.5, 0.6) is 0 Å². The average Bonchev–Trinajstić information content (AvgIpc) is 2.42. The normalized spacial score (nSPS) is 11.1. The molecule has 6 heteroatoms. The van der Waals surface area contributed by atoms with Gasteiger partial charge in [-0.1, -0.05) is 17.7 Å². The predicted octanol–water partition coefficient (Wildman–Crippen LogP) is 2.13. The second-order valence-corrected chi connectivity index (χ2v) is 6.25. The molecule has 118 valence electrons. The third-order valence-corrected chi connectivity index (χ3v) is 4.84. The summed E-state index contributed by atoms with van der Waals surface area (Å²) < 4.78 is 32.4. The number of hydrogen-bond acceptors (Lipinski definition) is 3. The predicted molar refractivity (Wildman–Crippen MR) is 88.7 cm³/mol. The van der Waals surface area contributed by atoms with E-state index in [0.717, 1.165) is 5.56 Å². The molecule has 0 atom stereocenters. The van der Waals surface area contributed by atoms with Crippen molar-refractivity contribution >= 4 is 61.5 Å². The summed E-state index contributed by atoms with van der Waals surface area (Å²) in [5.41, 5.74) is 0.928. The molecule has 0 saturated carbocycles. The first-order valence-electron chi connectivity index (χ1n) is 7.12. The first-order valence-corrected chi connectivity index (χ1v) is 8.53. The van der Waals surface area contributed by atoms with E-state index < -0.39 is 10.1 Å². The maximum absolute atomic E-state index is 10.4. The Morgan fingerprint density at radius 3 is 1.43 bits per heavy atom. The van der Waals surface area contributed by atoms with E-state index in [9.17, 15) is 13.0 Å². The van der Waals surface area contributed by atoms with E-state index in [1.807, 2.05) is 6.92 Å². The molecule has 0 fully saturated rings. The Balaban J connectivity index is 0. The monoisotopic (exact) mass is 341 g/mol. The molecule has 1 rings (SSSR count). The van der Waals surface area contributed by atoms with Crippen LogP contribution in [0.3, 0.4) is 0 Å². The van der Waals surface area contributed by atoms with Crippen molar-refractivity contribution in [2.45, 2.75) is 39.5 Å². The molecule has 0 spiro atoms. The van der Waals surface area contributed by atoms with Gasteiger partial charge >= 0.3 is 51.4 Å². The fourth-order valence-corrected chi connectivity index (χ4v) is 2.52. The number of benzene rings is 1. The van der Waals surface area contributed by atoms with Crippen molar-refractivity contribution in [2.24, 2.45) is 0 Å². The van der Waals surface area contributed by atoms with Crippen LogP contribution in [0.1, 0.15) is 33.3 Å². The summed E-state index contributed by atoms with van der Waals surface area (Å²) in [5, 5.41) is 0. The van der Waals surface area contributed by atoms with Crippen molar-refractivity contribution in [1.82, 2.24) is 0 Å². The zero-order valence-corrected chi connectivity index (χ0v) is 14.0. The summed E-state index contributed by atoms with van der Waals surface area (Å²) in [6.07, 6.45) is 0. The van der Waals surface area contributed by atoms with Gasteiger partial charge in [0.2, 0.25) is 0 Å². The molecule has 0 unspecified atom stereocenters. The number of aryl methyl sites for hydroxylation is 1. The Bertz CT molecular complexity index is 465. The molecule has 0 N–H and O–H groups in total. The summed E-state index contributed by atoms with van der Waals surface area (Å²) in [6, 6.07) is 5.78. The van der Waals surface area contributed by atoms with Crippen molar-refractivity contribution in [1.29, 1.82) is 0 Å². The number of quaternary nitrogens is 1. The van der Waals surface area contributed by atoms with E-state index in [2.05, 4.69) is 27.7 Å². The van der Waals surface area contributed by atoms with Crippen LogP contribution in [0.25, 0.3) is 0 Å². The molecule has 1 aromatic rings. The van der Waals surface area contributed by atoms with Crippen molar-refractivity contribution in [3.63, 3.8) is 0 Å². The molecule has 0 aliphatic rings. The van der Waals surface area contributed by atoms with Crippen LogP contribution in [-0.2, 0) is 10.1 Å². The van der Waals surface area contributed by atoms with Crippen LogP contribution in [0.2, 0.25) is 0 Å². The van der Waals surface area contributed by atoms with Gasteiger partial charge in [-0.15, -0.1) is 0 Å². The van der Waals surface area contributed by atoms with Gasteiger partial charge < -0.3 is 9.04 Å². The summed E-state index contributed by atoms with van der Waals surface area (Å²) in [7, 11) is -4.27. The topological polar surface area (TPSA) is 57.2 Å². The molecule has 0 radical (unpaired) electrons. The molecular weight excluding hydrogens is 313 g/mol. The number of nitrogens with zero attached hydrogens (tertiary/aromatic N) is 1. The van der Waals surface area contributed by atoms with Gasteiger partial charge in [0, 0.05) is 0 Å². The Labute approximate surface area is 172 Å². The Morgan fingerprint density at radius 1 is 0.905 bits per heavy atom. The minimum absolute atomic E-state index is 0. The minimum atomic E-state index is -4.27. The van der Waals surface area contributed by atoms with E-state index in [4.69, 9.17) is 0 Å². The second kappa shape index (κ2) is 11.3. The fraction of sp³-hybridized carbons (Fsp3) is 0.600. The van der Waals surface area contributed by atoms with Gasteiger partial charge in [0.1, 0.15) is 10.1 Å². The van der Waals surface area contributed by atoms with E-state index in [1.54, 1.807) is 12.1 Å². The summed E-state index contributed by atoms with van der Waals surface area (Å²) in [6.45, 7) is 16.0. The zero-order chi connectivity index (χ0) is 15.8. The summed E-state index contributed by atoms with van der Waals surface area (Å²) >= 11 is 0. The number of hydrogen-bond donors (Lipinski definition) is 0. The Hall–Kier alpha value is 0.726. The molecule has 0 saturated heterocycles. The van der Waals surface area contributed by atoms with Gasteiger partial charge in [-0.2, -0.15) is 0 Å². The van der Waals surface area contributed by atoms with Crippen LogP contribution in [0, 0.1) is 6.92 Å². The molecule has 0 bridgehead atoms. The molecule has 0 aliphatic heterocycles. The summed E-state index contributed by atoms with van der Waals surface area (Å²) in [4.78, 5) is -0.178. The van der Waals surface area contributed by atoms with Crippen LogP contribution in [0.4, 0.5) is 0 Å². The standard InChI is InChI=1S/C8H20N.C7H8O3S.K.H/c1-5-9(6-2,7-3)8-4;1-6-2-4-7(5-3-6)11(8,9)10;;/h5-8H2,1-4H3;2-5H,1H3,(H,8,9,10);;/q+1;;;/p-1. The van der Waals surface area contributed by atoms with Crippen LogP contribution in [0.15, 0.2) is 29.2 Å². The Kier molecular flexibility index (Phi) is 12.9. The molecular formula is C15H28KNO3S. The SMILES string of the molecule is CC[N+](CC)(CC)CC.Cc1ccc(S(=O)(=O)[O-])cc1.[KH]. The molecule has 0 heterocycles. The van der Waals surface area contributed by atoms with E-state index in [1.165, 1.54) is 42.8 Å².